The fourth-order valence-electron chi connectivity index (χ4n) is 3.85. The minimum Gasteiger partial charge on any atom is -0.454 e. The van der Waals surface area contributed by atoms with Gasteiger partial charge in [-0.05, 0) is 53.6 Å². The summed E-state index contributed by atoms with van der Waals surface area (Å²) in [6.45, 7) is -0.492. The fourth-order valence-corrected chi connectivity index (χ4v) is 3.85. The second kappa shape index (κ2) is 10.6. The van der Waals surface area contributed by atoms with Gasteiger partial charge in [-0.15, -0.1) is 0 Å². The molecule has 0 fully saturated rings. The lowest BCUT2D eigenvalue weighted by Crippen LogP contribution is -2.35. The standard InChI is InChI=1S/C27H21FN2O5/c28-21-8-10-22(11-9-21)30(14-4-13-29)25(31)17-34-26(32)19-7-12-23-20(15-19)16-24(35-27(23)33)18-5-2-1-3-6-18/h1-3,5-12,15,24H,4,14,16-17H2. The molecule has 0 aliphatic carbocycles. The van der Waals surface area contributed by atoms with E-state index in [4.69, 9.17) is 14.7 Å². The Morgan fingerprint density at radius 3 is 2.54 bits per heavy atom. The molecule has 7 nitrogen and oxygen atoms in total. The second-order valence-electron chi connectivity index (χ2n) is 7.89. The molecule has 35 heavy (non-hydrogen) atoms. The summed E-state index contributed by atoms with van der Waals surface area (Å²) < 4.78 is 24.0. The molecular formula is C27H21FN2O5. The molecule has 0 aromatic heterocycles. The average Bonchev–Trinajstić information content (AvgIpc) is 2.88. The van der Waals surface area contributed by atoms with E-state index in [9.17, 15) is 18.8 Å². The lowest BCUT2D eigenvalue weighted by molar-refractivity contribution is -0.121. The van der Waals surface area contributed by atoms with E-state index in [1.807, 2.05) is 36.4 Å². The summed E-state index contributed by atoms with van der Waals surface area (Å²) in [4.78, 5) is 39.1. The Hall–Kier alpha value is -4.51. The van der Waals surface area contributed by atoms with Crippen LogP contribution < -0.4 is 4.90 Å². The predicted octanol–water partition coefficient (Wildman–Crippen LogP) is 4.38. The Morgan fingerprint density at radius 2 is 1.83 bits per heavy atom. The minimum atomic E-state index is -0.726. The molecule has 1 aliphatic rings. The number of anilines is 1. The lowest BCUT2D eigenvalue weighted by atomic mass is 9.93. The van der Waals surface area contributed by atoms with Crippen molar-refractivity contribution < 1.29 is 28.2 Å². The van der Waals surface area contributed by atoms with Crippen LogP contribution in [-0.2, 0) is 20.7 Å². The molecule has 3 aromatic carbocycles. The van der Waals surface area contributed by atoms with E-state index in [2.05, 4.69) is 0 Å². The van der Waals surface area contributed by atoms with Crippen molar-refractivity contribution in [2.45, 2.75) is 18.9 Å². The molecule has 176 valence electrons. The molecule has 0 radical (unpaired) electrons. The molecule has 1 aliphatic heterocycles. The predicted molar refractivity (Wildman–Crippen MR) is 124 cm³/mol. The molecule has 1 heterocycles. The van der Waals surface area contributed by atoms with Gasteiger partial charge >= 0.3 is 11.9 Å². The maximum atomic E-state index is 13.3. The first-order valence-electron chi connectivity index (χ1n) is 10.9. The number of fused-ring (bicyclic) bond motifs is 1. The van der Waals surface area contributed by atoms with E-state index in [1.54, 1.807) is 6.07 Å². The molecule has 1 amide bonds. The van der Waals surface area contributed by atoms with Crippen molar-refractivity contribution in [3.05, 3.63) is 101 Å². The van der Waals surface area contributed by atoms with Crippen molar-refractivity contribution >= 4 is 23.5 Å². The Kier molecular flexibility index (Phi) is 7.17. The van der Waals surface area contributed by atoms with E-state index < -0.39 is 36.4 Å². The van der Waals surface area contributed by atoms with Crippen molar-refractivity contribution in [3.8, 4) is 6.07 Å². The van der Waals surface area contributed by atoms with Gasteiger partial charge in [-0.25, -0.2) is 14.0 Å². The van der Waals surface area contributed by atoms with Crippen LogP contribution in [0.15, 0.2) is 72.8 Å². The van der Waals surface area contributed by atoms with Crippen LogP contribution in [-0.4, -0.2) is 31.0 Å². The Balaban J connectivity index is 1.45. The van der Waals surface area contributed by atoms with Crippen molar-refractivity contribution in [1.29, 1.82) is 5.26 Å². The van der Waals surface area contributed by atoms with Crippen molar-refractivity contribution in [2.24, 2.45) is 0 Å². The quantitative estimate of drug-likeness (QED) is 0.474. The maximum absolute atomic E-state index is 13.3. The first kappa shape index (κ1) is 23.6. The number of esters is 2. The Morgan fingerprint density at radius 1 is 1.09 bits per heavy atom. The lowest BCUT2D eigenvalue weighted by Gasteiger charge is -2.25. The van der Waals surface area contributed by atoms with Crippen molar-refractivity contribution in [2.75, 3.05) is 18.1 Å². The molecule has 0 bridgehead atoms. The smallest absolute Gasteiger partial charge is 0.339 e. The van der Waals surface area contributed by atoms with E-state index in [0.29, 0.717) is 23.2 Å². The van der Waals surface area contributed by atoms with Gasteiger partial charge in [-0.2, -0.15) is 5.26 Å². The number of carbonyl (C=O) groups is 3. The third-order valence-electron chi connectivity index (χ3n) is 5.60. The van der Waals surface area contributed by atoms with Crippen LogP contribution in [0.25, 0.3) is 0 Å². The summed E-state index contributed by atoms with van der Waals surface area (Å²) in [6, 6.07) is 21.0. The molecule has 1 atom stereocenters. The van der Waals surface area contributed by atoms with E-state index in [1.165, 1.54) is 41.3 Å². The number of rotatable bonds is 7. The van der Waals surface area contributed by atoms with E-state index in [0.717, 1.165) is 5.56 Å². The summed E-state index contributed by atoms with van der Waals surface area (Å²) in [6.07, 6.45) is -0.00784. The molecule has 1 unspecified atom stereocenters. The highest BCUT2D eigenvalue weighted by molar-refractivity contribution is 5.98. The summed E-state index contributed by atoms with van der Waals surface area (Å²) in [5.41, 5.74) is 2.47. The first-order valence-corrected chi connectivity index (χ1v) is 10.9. The number of nitriles is 1. The van der Waals surface area contributed by atoms with Gasteiger partial charge < -0.3 is 14.4 Å². The van der Waals surface area contributed by atoms with Gasteiger partial charge in [0.1, 0.15) is 11.9 Å². The molecule has 0 saturated heterocycles. The SMILES string of the molecule is N#CCCN(C(=O)COC(=O)c1ccc2c(c1)CC(c1ccccc1)OC2=O)c1ccc(F)cc1. The third kappa shape index (κ3) is 5.53. The number of hydrogen-bond donors (Lipinski definition) is 0. The van der Waals surface area contributed by atoms with Crippen LogP contribution in [0.2, 0.25) is 0 Å². The van der Waals surface area contributed by atoms with Crippen LogP contribution in [0, 0.1) is 17.1 Å². The monoisotopic (exact) mass is 472 g/mol. The third-order valence-corrected chi connectivity index (χ3v) is 5.60. The zero-order valence-corrected chi connectivity index (χ0v) is 18.6. The fraction of sp³-hybridized carbons (Fsp3) is 0.185. The van der Waals surface area contributed by atoms with Crippen molar-refractivity contribution in [3.63, 3.8) is 0 Å². The molecule has 8 heteroatoms. The normalized spacial score (nSPS) is 14.3. The summed E-state index contributed by atoms with van der Waals surface area (Å²) >= 11 is 0. The molecule has 0 N–H and O–H groups in total. The van der Waals surface area contributed by atoms with E-state index >= 15 is 0 Å². The molecule has 0 spiro atoms. The Bertz CT molecular complexity index is 1290. The highest BCUT2D eigenvalue weighted by Crippen LogP contribution is 2.31. The maximum Gasteiger partial charge on any atom is 0.339 e. The zero-order valence-electron chi connectivity index (χ0n) is 18.6. The average molecular weight is 472 g/mol. The number of amides is 1. The van der Waals surface area contributed by atoms with E-state index in [-0.39, 0.29) is 18.5 Å². The van der Waals surface area contributed by atoms with Gasteiger partial charge in [-0.3, -0.25) is 4.79 Å². The number of ether oxygens (including phenoxy) is 2. The summed E-state index contributed by atoms with van der Waals surface area (Å²) in [5, 5.41) is 8.90. The Labute approximate surface area is 201 Å². The number of carbonyl (C=O) groups excluding carboxylic acids is 3. The van der Waals surface area contributed by atoms with Gasteiger partial charge in [0, 0.05) is 18.7 Å². The number of nitrogens with zero attached hydrogens (tertiary/aromatic N) is 2. The highest BCUT2D eigenvalue weighted by atomic mass is 19.1. The second-order valence-corrected chi connectivity index (χ2v) is 7.89. The molecule has 4 rings (SSSR count). The topological polar surface area (TPSA) is 96.7 Å². The molecule has 0 saturated carbocycles. The summed E-state index contributed by atoms with van der Waals surface area (Å²) in [5.74, 6) is -2.21. The van der Waals surface area contributed by atoms with Gasteiger partial charge in [0.25, 0.3) is 5.91 Å². The number of hydrogen-bond acceptors (Lipinski definition) is 6. The van der Waals surface area contributed by atoms with Gasteiger partial charge in [-0.1, -0.05) is 30.3 Å². The van der Waals surface area contributed by atoms with Crippen LogP contribution in [0.4, 0.5) is 10.1 Å². The first-order chi connectivity index (χ1) is 17.0. The highest BCUT2D eigenvalue weighted by Gasteiger charge is 2.28. The number of benzene rings is 3. The zero-order chi connectivity index (χ0) is 24.8. The van der Waals surface area contributed by atoms with Crippen molar-refractivity contribution in [1.82, 2.24) is 0 Å². The largest absolute Gasteiger partial charge is 0.454 e. The number of cyclic esters (lactones) is 1. The van der Waals surface area contributed by atoms with Crippen LogP contribution in [0.3, 0.4) is 0 Å². The number of halogens is 1. The van der Waals surface area contributed by atoms with Crippen LogP contribution >= 0.6 is 0 Å². The molecule has 3 aromatic rings. The van der Waals surface area contributed by atoms with Gasteiger partial charge in [0.15, 0.2) is 6.61 Å². The minimum absolute atomic E-state index is 0.0561. The van der Waals surface area contributed by atoms with Crippen LogP contribution in [0.5, 0.6) is 0 Å². The van der Waals surface area contributed by atoms with Crippen LogP contribution in [0.1, 0.15) is 44.4 Å². The van der Waals surface area contributed by atoms with Gasteiger partial charge in [0.05, 0.1) is 23.6 Å². The molecular weight excluding hydrogens is 451 g/mol. The summed E-state index contributed by atoms with van der Waals surface area (Å²) in [7, 11) is 0. The van der Waals surface area contributed by atoms with Gasteiger partial charge in [0.2, 0.25) is 0 Å².